The van der Waals surface area contributed by atoms with Crippen LogP contribution in [-0.2, 0) is 12.6 Å². The van der Waals surface area contributed by atoms with E-state index in [1.54, 1.807) is 4.90 Å². The number of imidazole rings is 1. The molecule has 1 aliphatic rings. The van der Waals surface area contributed by atoms with Gasteiger partial charge in [-0.15, -0.1) is 0 Å². The average Bonchev–Trinajstić information content (AvgIpc) is 3.10. The van der Waals surface area contributed by atoms with E-state index in [-0.39, 0.29) is 5.56 Å². The number of amides is 1. The van der Waals surface area contributed by atoms with Gasteiger partial charge in [0.05, 0.1) is 22.2 Å². The first-order valence-corrected chi connectivity index (χ1v) is 9.15. The molecule has 8 heteroatoms. The number of hydrogen-bond donors (Lipinski definition) is 1. The van der Waals surface area contributed by atoms with E-state index in [0.29, 0.717) is 19.0 Å². The number of nitrogens with zero attached hydrogens (tertiary/aromatic N) is 3. The van der Waals surface area contributed by atoms with E-state index >= 15 is 0 Å². The number of rotatable bonds is 3. The van der Waals surface area contributed by atoms with Crippen molar-refractivity contribution in [1.82, 2.24) is 19.9 Å². The monoisotopic (exact) mass is 388 g/mol. The molecule has 3 aromatic rings. The van der Waals surface area contributed by atoms with Crippen molar-refractivity contribution >= 4 is 16.9 Å². The van der Waals surface area contributed by atoms with Gasteiger partial charge in [0.25, 0.3) is 5.91 Å². The Labute approximate surface area is 159 Å². The molecule has 0 spiro atoms. The number of piperidine rings is 1. The quantitative estimate of drug-likeness (QED) is 0.736. The predicted octanol–water partition coefficient (Wildman–Crippen LogP) is 4.07. The highest BCUT2D eigenvalue weighted by molar-refractivity contribution is 5.94. The van der Waals surface area contributed by atoms with E-state index in [1.807, 2.05) is 24.3 Å². The van der Waals surface area contributed by atoms with Crippen molar-refractivity contribution in [2.75, 3.05) is 13.1 Å². The maximum atomic E-state index is 12.8. The van der Waals surface area contributed by atoms with E-state index in [9.17, 15) is 18.0 Å². The molecule has 0 aliphatic carbocycles. The van der Waals surface area contributed by atoms with Crippen molar-refractivity contribution < 1.29 is 18.0 Å². The first-order valence-electron chi connectivity index (χ1n) is 9.15. The number of pyridine rings is 1. The third-order valence-corrected chi connectivity index (χ3v) is 5.13. The summed E-state index contributed by atoms with van der Waals surface area (Å²) in [6, 6.07) is 8.71. The number of benzene rings is 1. The second-order valence-electron chi connectivity index (χ2n) is 7.10. The van der Waals surface area contributed by atoms with Crippen LogP contribution in [0.1, 0.15) is 34.6 Å². The summed E-state index contributed by atoms with van der Waals surface area (Å²) in [4.78, 5) is 25.7. The minimum atomic E-state index is -4.51. The smallest absolute Gasteiger partial charge is 0.342 e. The summed E-state index contributed by atoms with van der Waals surface area (Å²) >= 11 is 0. The van der Waals surface area contributed by atoms with Gasteiger partial charge in [0.1, 0.15) is 5.82 Å². The molecule has 1 fully saturated rings. The topological polar surface area (TPSA) is 61.9 Å². The molecule has 1 N–H and O–H groups in total. The molecule has 3 heterocycles. The fraction of sp³-hybridized carbons (Fsp3) is 0.350. The summed E-state index contributed by atoms with van der Waals surface area (Å²) < 4.78 is 38.5. The number of para-hydroxylation sites is 2. The van der Waals surface area contributed by atoms with E-state index in [1.165, 1.54) is 6.20 Å². The highest BCUT2D eigenvalue weighted by Crippen LogP contribution is 2.29. The van der Waals surface area contributed by atoms with Crippen LogP contribution in [0.2, 0.25) is 0 Å². The Morgan fingerprint density at radius 2 is 1.93 bits per heavy atom. The van der Waals surface area contributed by atoms with Crippen LogP contribution in [-0.4, -0.2) is 38.8 Å². The third-order valence-electron chi connectivity index (χ3n) is 5.13. The Bertz CT molecular complexity index is 957. The molecule has 4 rings (SSSR count). The van der Waals surface area contributed by atoms with Gasteiger partial charge in [0.2, 0.25) is 0 Å². The SMILES string of the molecule is O=C(c1cncc(C(F)(F)F)c1)N1CCC(Cc2nc3ccccc3[nH]2)CC1. The summed E-state index contributed by atoms with van der Waals surface area (Å²) in [6.45, 7) is 1.03. The number of halogens is 3. The van der Waals surface area contributed by atoms with Crippen LogP contribution in [0.3, 0.4) is 0 Å². The molecule has 2 aromatic heterocycles. The van der Waals surface area contributed by atoms with Gasteiger partial charge in [-0.25, -0.2) is 4.98 Å². The number of aromatic nitrogens is 3. The van der Waals surface area contributed by atoms with E-state index in [4.69, 9.17) is 0 Å². The molecule has 0 bridgehead atoms. The lowest BCUT2D eigenvalue weighted by Crippen LogP contribution is -2.39. The highest BCUT2D eigenvalue weighted by atomic mass is 19.4. The van der Waals surface area contributed by atoms with Crippen LogP contribution in [0.25, 0.3) is 11.0 Å². The Morgan fingerprint density at radius 1 is 1.18 bits per heavy atom. The van der Waals surface area contributed by atoms with Crippen molar-refractivity contribution in [3.05, 3.63) is 59.7 Å². The van der Waals surface area contributed by atoms with Crippen LogP contribution in [0.15, 0.2) is 42.7 Å². The molecule has 0 saturated carbocycles. The standard InChI is InChI=1S/C20H19F3N4O/c21-20(22,23)15-10-14(11-24-12-15)19(28)27-7-5-13(6-8-27)9-18-25-16-3-1-2-4-17(16)26-18/h1-4,10-13H,5-9H2,(H,25,26). The van der Waals surface area contributed by atoms with E-state index in [2.05, 4.69) is 15.0 Å². The van der Waals surface area contributed by atoms with Crippen LogP contribution in [0.4, 0.5) is 13.2 Å². The van der Waals surface area contributed by atoms with Crippen molar-refractivity contribution in [1.29, 1.82) is 0 Å². The minimum absolute atomic E-state index is 0.0226. The van der Waals surface area contributed by atoms with Crippen molar-refractivity contribution in [3.8, 4) is 0 Å². The van der Waals surface area contributed by atoms with Crippen LogP contribution in [0, 0.1) is 5.92 Å². The summed E-state index contributed by atoms with van der Waals surface area (Å²) in [5.74, 6) is 0.901. The molecule has 1 saturated heterocycles. The summed E-state index contributed by atoms with van der Waals surface area (Å²) in [5.41, 5.74) is 1.01. The summed E-state index contributed by atoms with van der Waals surface area (Å²) in [7, 11) is 0. The van der Waals surface area contributed by atoms with Crippen molar-refractivity contribution in [2.45, 2.75) is 25.4 Å². The van der Waals surface area contributed by atoms with Crippen molar-refractivity contribution in [2.24, 2.45) is 5.92 Å². The Balaban J connectivity index is 1.38. The number of likely N-dealkylation sites (tertiary alicyclic amines) is 1. The Kier molecular flexibility index (Phi) is 4.78. The lowest BCUT2D eigenvalue weighted by atomic mass is 9.93. The van der Waals surface area contributed by atoms with Crippen molar-refractivity contribution in [3.63, 3.8) is 0 Å². The number of aromatic amines is 1. The maximum Gasteiger partial charge on any atom is 0.417 e. The molecule has 0 radical (unpaired) electrons. The Hall–Kier alpha value is -2.90. The van der Waals surface area contributed by atoms with Gasteiger partial charge in [-0.2, -0.15) is 13.2 Å². The van der Waals surface area contributed by atoms with E-state index < -0.39 is 17.6 Å². The molecule has 28 heavy (non-hydrogen) atoms. The summed E-state index contributed by atoms with van der Waals surface area (Å²) in [6.07, 6.45) is -0.219. The van der Waals surface area contributed by atoms with Gasteiger partial charge < -0.3 is 9.88 Å². The first kappa shape index (κ1) is 18.5. The highest BCUT2D eigenvalue weighted by Gasteiger charge is 2.32. The first-order chi connectivity index (χ1) is 13.4. The van der Waals surface area contributed by atoms with Crippen LogP contribution < -0.4 is 0 Å². The molecular weight excluding hydrogens is 369 g/mol. The molecule has 5 nitrogen and oxygen atoms in total. The van der Waals surface area contributed by atoms with E-state index in [0.717, 1.165) is 48.4 Å². The number of hydrogen-bond acceptors (Lipinski definition) is 3. The van der Waals surface area contributed by atoms with Crippen LogP contribution in [0.5, 0.6) is 0 Å². The molecule has 0 atom stereocenters. The zero-order valence-electron chi connectivity index (χ0n) is 15.0. The zero-order valence-corrected chi connectivity index (χ0v) is 15.0. The molecule has 0 unspecified atom stereocenters. The third kappa shape index (κ3) is 3.85. The van der Waals surface area contributed by atoms with Gasteiger partial charge in [0.15, 0.2) is 0 Å². The minimum Gasteiger partial charge on any atom is -0.342 e. The molecular formula is C20H19F3N4O. The number of alkyl halides is 3. The predicted molar refractivity (Wildman–Crippen MR) is 97.7 cm³/mol. The van der Waals surface area contributed by atoms with Gasteiger partial charge in [-0.05, 0) is 37.0 Å². The van der Waals surface area contributed by atoms with Gasteiger partial charge in [-0.1, -0.05) is 12.1 Å². The maximum absolute atomic E-state index is 12.8. The lowest BCUT2D eigenvalue weighted by Gasteiger charge is -2.31. The number of H-pyrrole nitrogens is 1. The Morgan fingerprint density at radius 3 is 2.64 bits per heavy atom. The average molecular weight is 388 g/mol. The fourth-order valence-electron chi connectivity index (χ4n) is 3.61. The molecule has 1 aromatic carbocycles. The molecule has 1 aliphatic heterocycles. The van der Waals surface area contributed by atoms with Crippen LogP contribution >= 0.6 is 0 Å². The number of carbonyl (C=O) groups is 1. The molecule has 1 amide bonds. The van der Waals surface area contributed by atoms with Gasteiger partial charge in [0, 0.05) is 31.9 Å². The normalized spacial score (nSPS) is 15.9. The number of nitrogens with one attached hydrogen (secondary N) is 1. The number of carbonyl (C=O) groups excluding carboxylic acids is 1. The fourth-order valence-corrected chi connectivity index (χ4v) is 3.61. The zero-order chi connectivity index (χ0) is 19.7. The van der Waals surface area contributed by atoms with Gasteiger partial charge in [-0.3, -0.25) is 9.78 Å². The lowest BCUT2D eigenvalue weighted by molar-refractivity contribution is -0.137. The second-order valence-corrected chi connectivity index (χ2v) is 7.10. The van der Waals surface area contributed by atoms with Gasteiger partial charge >= 0.3 is 6.18 Å². The summed E-state index contributed by atoms with van der Waals surface area (Å²) in [5, 5.41) is 0. The largest absolute Gasteiger partial charge is 0.417 e. The second kappa shape index (κ2) is 7.26. The number of fused-ring (bicyclic) bond motifs is 1. The molecule has 146 valence electrons.